The van der Waals surface area contributed by atoms with Gasteiger partial charge in [-0.1, -0.05) is 254 Å². The predicted molar refractivity (Wildman–Crippen MR) is 293 cm³/mol. The zero-order valence-corrected chi connectivity index (χ0v) is 44.6. The topological polar surface area (TPSA) is 78.9 Å². The Morgan fingerprint density at radius 1 is 0.309 bits per heavy atom. The Labute approximate surface area is 420 Å². The van der Waals surface area contributed by atoms with Gasteiger partial charge in [-0.05, 0) is 83.5 Å². The largest absolute Gasteiger partial charge is 0.462 e. The Bertz CT molecular complexity index is 1320. The van der Waals surface area contributed by atoms with Crippen LogP contribution in [0, 0.1) is 0 Å². The Kier molecular flexibility index (Phi) is 53.4. The van der Waals surface area contributed by atoms with E-state index < -0.39 is 6.10 Å². The van der Waals surface area contributed by atoms with Crippen LogP contribution in [0.4, 0.5) is 0 Å². The molecule has 0 N–H and O–H groups in total. The number of ether oxygens (including phenoxy) is 3. The first-order valence-electron chi connectivity index (χ1n) is 28.6. The molecule has 0 aromatic carbocycles. The van der Waals surface area contributed by atoms with Crippen molar-refractivity contribution in [3.8, 4) is 0 Å². The first-order chi connectivity index (χ1) is 33.5. The lowest BCUT2D eigenvalue weighted by molar-refractivity contribution is -0.166. The van der Waals surface area contributed by atoms with Gasteiger partial charge in [0.2, 0.25) is 0 Å². The number of unbranched alkanes of at least 4 members (excludes halogenated alkanes) is 26. The van der Waals surface area contributed by atoms with Crippen LogP contribution < -0.4 is 0 Å². The van der Waals surface area contributed by atoms with Crippen LogP contribution in [0.3, 0.4) is 0 Å². The molecule has 0 rings (SSSR count). The number of hydrogen-bond acceptors (Lipinski definition) is 6. The van der Waals surface area contributed by atoms with E-state index in [-0.39, 0.29) is 37.5 Å². The van der Waals surface area contributed by atoms with Crippen molar-refractivity contribution in [1.82, 2.24) is 0 Å². The molecule has 6 heteroatoms. The highest BCUT2D eigenvalue weighted by Crippen LogP contribution is 2.16. The fourth-order valence-corrected chi connectivity index (χ4v) is 7.88. The van der Waals surface area contributed by atoms with E-state index in [9.17, 15) is 14.4 Å². The molecule has 6 nitrogen and oxygen atoms in total. The van der Waals surface area contributed by atoms with E-state index in [0.717, 1.165) is 83.5 Å². The summed E-state index contributed by atoms with van der Waals surface area (Å²) in [6, 6.07) is 0. The van der Waals surface area contributed by atoms with Gasteiger partial charge in [-0.25, -0.2) is 0 Å². The molecule has 0 aromatic rings. The lowest BCUT2D eigenvalue weighted by atomic mass is 10.0. The minimum Gasteiger partial charge on any atom is -0.462 e. The molecule has 0 bridgehead atoms. The standard InChI is InChI=1S/C62H106O6/c1-4-7-10-13-16-19-22-25-27-29-31-33-34-37-40-43-46-49-52-55-61(64)67-58-59(57-66-60(63)54-51-48-45-42-39-36-24-21-18-15-12-9-6-3)68-62(65)56-53-50-47-44-41-38-35-32-30-28-26-23-20-17-14-11-8-5-2/h9,12,16,18-19,21,25,27,31,33,36,39,45,48,59H,4-8,10-11,13-15,17,20,22-24,26,28-30,32,34-35,37-38,40-44,46-47,49-58H2,1-3H3/b12-9-,19-16-,21-18-,27-25-,33-31-,39-36-,48-45-. The molecular formula is C62H106O6. The van der Waals surface area contributed by atoms with Gasteiger partial charge in [-0.2, -0.15) is 0 Å². The molecule has 0 aliphatic heterocycles. The summed E-state index contributed by atoms with van der Waals surface area (Å²) >= 11 is 0. The molecule has 0 spiro atoms. The van der Waals surface area contributed by atoms with E-state index >= 15 is 0 Å². The summed E-state index contributed by atoms with van der Waals surface area (Å²) in [5.74, 6) is -0.993. The van der Waals surface area contributed by atoms with Gasteiger partial charge in [0.05, 0.1) is 0 Å². The second kappa shape index (κ2) is 56.2. The van der Waals surface area contributed by atoms with E-state index in [1.54, 1.807) is 0 Å². The normalized spacial score (nSPS) is 12.7. The highest BCUT2D eigenvalue weighted by atomic mass is 16.6. The third-order valence-electron chi connectivity index (χ3n) is 12.1. The van der Waals surface area contributed by atoms with Crippen LogP contribution in [-0.4, -0.2) is 37.2 Å². The van der Waals surface area contributed by atoms with Crippen molar-refractivity contribution >= 4 is 17.9 Å². The van der Waals surface area contributed by atoms with Gasteiger partial charge in [0.1, 0.15) is 13.2 Å². The number of esters is 3. The monoisotopic (exact) mass is 947 g/mol. The van der Waals surface area contributed by atoms with Gasteiger partial charge in [0.15, 0.2) is 6.10 Å². The molecule has 0 aliphatic rings. The van der Waals surface area contributed by atoms with Crippen LogP contribution >= 0.6 is 0 Å². The maximum atomic E-state index is 12.9. The molecule has 0 aliphatic carbocycles. The van der Waals surface area contributed by atoms with Crippen LogP contribution in [0.25, 0.3) is 0 Å². The summed E-state index contributed by atoms with van der Waals surface area (Å²) in [5, 5.41) is 0. The molecule has 1 atom stereocenters. The summed E-state index contributed by atoms with van der Waals surface area (Å²) in [7, 11) is 0. The van der Waals surface area contributed by atoms with Gasteiger partial charge < -0.3 is 14.2 Å². The zero-order chi connectivity index (χ0) is 49.3. The highest BCUT2D eigenvalue weighted by Gasteiger charge is 2.19. The summed E-state index contributed by atoms with van der Waals surface area (Å²) in [6.45, 7) is 6.44. The quantitative estimate of drug-likeness (QED) is 0.0262. The molecule has 0 saturated carbocycles. The van der Waals surface area contributed by atoms with Crippen LogP contribution in [0.15, 0.2) is 85.1 Å². The van der Waals surface area contributed by atoms with Crippen molar-refractivity contribution in [2.75, 3.05) is 13.2 Å². The second-order valence-corrected chi connectivity index (χ2v) is 18.8. The molecule has 0 saturated heterocycles. The summed E-state index contributed by atoms with van der Waals surface area (Å²) in [5.41, 5.74) is 0. The van der Waals surface area contributed by atoms with E-state index in [0.29, 0.717) is 19.3 Å². The summed E-state index contributed by atoms with van der Waals surface area (Å²) < 4.78 is 16.8. The van der Waals surface area contributed by atoms with Crippen LogP contribution in [0.5, 0.6) is 0 Å². The average Bonchev–Trinajstić information content (AvgIpc) is 3.34. The minimum atomic E-state index is -0.810. The third kappa shape index (κ3) is 53.5. The number of rotatable bonds is 51. The first-order valence-corrected chi connectivity index (χ1v) is 28.6. The summed E-state index contributed by atoms with van der Waals surface area (Å²) in [6.07, 6.45) is 73.0. The van der Waals surface area contributed by atoms with E-state index in [1.165, 1.54) is 141 Å². The van der Waals surface area contributed by atoms with Crippen molar-refractivity contribution in [2.24, 2.45) is 0 Å². The van der Waals surface area contributed by atoms with Gasteiger partial charge in [0.25, 0.3) is 0 Å². The van der Waals surface area contributed by atoms with E-state index in [4.69, 9.17) is 14.2 Å². The predicted octanol–water partition coefficient (Wildman–Crippen LogP) is 19.2. The summed E-state index contributed by atoms with van der Waals surface area (Å²) in [4.78, 5) is 38.1. The Balaban J connectivity index is 4.43. The van der Waals surface area contributed by atoms with Crippen LogP contribution in [-0.2, 0) is 28.6 Å². The Morgan fingerprint density at radius 2 is 0.603 bits per heavy atom. The van der Waals surface area contributed by atoms with Crippen LogP contribution in [0.2, 0.25) is 0 Å². The molecule has 0 radical (unpaired) electrons. The molecule has 390 valence electrons. The van der Waals surface area contributed by atoms with Crippen molar-refractivity contribution in [3.63, 3.8) is 0 Å². The molecular weight excluding hydrogens is 841 g/mol. The van der Waals surface area contributed by atoms with Crippen molar-refractivity contribution < 1.29 is 28.6 Å². The molecule has 0 heterocycles. The fraction of sp³-hybridized carbons (Fsp3) is 0.726. The molecule has 0 fully saturated rings. The lowest BCUT2D eigenvalue weighted by Gasteiger charge is -2.18. The third-order valence-corrected chi connectivity index (χ3v) is 12.1. The minimum absolute atomic E-state index is 0.104. The lowest BCUT2D eigenvalue weighted by Crippen LogP contribution is -2.30. The van der Waals surface area contributed by atoms with E-state index in [1.807, 2.05) is 6.08 Å². The van der Waals surface area contributed by atoms with Crippen LogP contribution in [0.1, 0.15) is 271 Å². The number of carbonyl (C=O) groups excluding carboxylic acids is 3. The van der Waals surface area contributed by atoms with E-state index in [2.05, 4.69) is 99.8 Å². The zero-order valence-electron chi connectivity index (χ0n) is 44.6. The average molecular weight is 948 g/mol. The van der Waals surface area contributed by atoms with Gasteiger partial charge in [-0.3, -0.25) is 14.4 Å². The molecule has 68 heavy (non-hydrogen) atoms. The first kappa shape index (κ1) is 64.6. The SMILES string of the molecule is CC/C=C\C/C=C\C/C=C\C/C=C\CCC(=O)OCC(COC(=O)CCCCCCCC/C=C\C/C=C\C/C=C\CCCCC)OC(=O)CCCCCCCCCCCCCCCCCCCC. The molecule has 0 amide bonds. The van der Waals surface area contributed by atoms with Gasteiger partial charge >= 0.3 is 17.9 Å². The van der Waals surface area contributed by atoms with Crippen molar-refractivity contribution in [1.29, 1.82) is 0 Å². The Hall–Kier alpha value is -3.41. The fourth-order valence-electron chi connectivity index (χ4n) is 7.88. The second-order valence-electron chi connectivity index (χ2n) is 18.8. The smallest absolute Gasteiger partial charge is 0.306 e. The maximum absolute atomic E-state index is 12.9. The number of carbonyl (C=O) groups is 3. The van der Waals surface area contributed by atoms with Crippen molar-refractivity contribution in [3.05, 3.63) is 85.1 Å². The number of allylic oxidation sites excluding steroid dienone is 14. The van der Waals surface area contributed by atoms with Gasteiger partial charge in [-0.15, -0.1) is 0 Å². The number of hydrogen-bond donors (Lipinski definition) is 0. The Morgan fingerprint density at radius 3 is 1.01 bits per heavy atom. The van der Waals surface area contributed by atoms with Crippen molar-refractivity contribution in [2.45, 2.75) is 277 Å². The van der Waals surface area contributed by atoms with Gasteiger partial charge in [0, 0.05) is 19.3 Å². The molecule has 0 aromatic heterocycles. The highest BCUT2D eigenvalue weighted by molar-refractivity contribution is 5.71. The molecule has 1 unspecified atom stereocenters. The maximum Gasteiger partial charge on any atom is 0.306 e.